The summed E-state index contributed by atoms with van der Waals surface area (Å²) in [6.07, 6.45) is 9.41. The van der Waals surface area contributed by atoms with E-state index in [0.29, 0.717) is 17.7 Å². The number of aliphatic hydroxyl groups is 1. The molecule has 1 aromatic carbocycles. The Morgan fingerprint density at radius 1 is 1.29 bits per heavy atom. The molecule has 2 heteroatoms. The predicted octanol–water partition coefficient (Wildman–Crippen LogP) is 3.44. The zero-order valence-corrected chi connectivity index (χ0v) is 9.41. The van der Waals surface area contributed by atoms with Gasteiger partial charge in [-0.2, -0.15) is 0 Å². The summed E-state index contributed by atoms with van der Waals surface area (Å²) < 4.78 is 0. The lowest BCUT2D eigenvalue weighted by Crippen LogP contribution is -2.00. The molecular weight excluding hydrogens is 212 g/mol. The van der Waals surface area contributed by atoms with Gasteiger partial charge in [0.05, 0.1) is 5.76 Å². The van der Waals surface area contributed by atoms with Crippen LogP contribution in [0.4, 0.5) is 0 Å². The monoisotopic (exact) mass is 226 g/mol. The first-order valence-corrected chi connectivity index (χ1v) is 5.59. The van der Waals surface area contributed by atoms with Crippen LogP contribution in [0.1, 0.15) is 16.8 Å². The van der Waals surface area contributed by atoms with E-state index in [0.717, 1.165) is 0 Å². The Kier molecular flexibility index (Phi) is 3.55. The topological polar surface area (TPSA) is 37.3 Å². The molecular formula is C15H14O2. The molecule has 0 spiro atoms. The highest BCUT2D eigenvalue weighted by Gasteiger charge is 2.08. The zero-order valence-electron chi connectivity index (χ0n) is 9.41. The van der Waals surface area contributed by atoms with Crippen LogP contribution in [0, 0.1) is 5.92 Å². The van der Waals surface area contributed by atoms with Gasteiger partial charge in [-0.15, -0.1) is 0 Å². The summed E-state index contributed by atoms with van der Waals surface area (Å²) in [5, 5.41) is 9.35. The number of rotatable bonds is 3. The third-order valence-corrected chi connectivity index (χ3v) is 2.64. The Bertz CT molecular complexity index is 481. The fraction of sp³-hybridized carbons (Fsp3) is 0.133. The summed E-state index contributed by atoms with van der Waals surface area (Å²) in [7, 11) is 0. The molecule has 1 N–H and O–H groups in total. The molecule has 0 amide bonds. The van der Waals surface area contributed by atoms with Crippen molar-refractivity contribution in [1.29, 1.82) is 0 Å². The maximum absolute atomic E-state index is 11.8. The van der Waals surface area contributed by atoms with E-state index in [1.54, 1.807) is 30.4 Å². The van der Waals surface area contributed by atoms with Gasteiger partial charge in [0.15, 0.2) is 5.78 Å². The molecule has 0 aromatic heterocycles. The molecule has 0 saturated heterocycles. The molecule has 1 atom stereocenters. The van der Waals surface area contributed by atoms with Crippen LogP contribution in [0.5, 0.6) is 0 Å². The van der Waals surface area contributed by atoms with Crippen LogP contribution in [-0.2, 0) is 0 Å². The molecule has 86 valence electrons. The Labute approximate surface area is 101 Å². The van der Waals surface area contributed by atoms with Gasteiger partial charge in [-0.25, -0.2) is 0 Å². The largest absolute Gasteiger partial charge is 0.512 e. The van der Waals surface area contributed by atoms with E-state index in [2.05, 4.69) is 0 Å². The van der Waals surface area contributed by atoms with Crippen molar-refractivity contribution < 1.29 is 9.90 Å². The van der Waals surface area contributed by atoms with Crippen molar-refractivity contribution in [1.82, 2.24) is 0 Å². The van der Waals surface area contributed by atoms with Gasteiger partial charge < -0.3 is 5.11 Å². The minimum atomic E-state index is -0.00644. The maximum Gasteiger partial charge on any atom is 0.185 e. The molecule has 17 heavy (non-hydrogen) atoms. The molecule has 0 heterocycles. The average molecular weight is 226 g/mol. The van der Waals surface area contributed by atoms with E-state index < -0.39 is 0 Å². The highest BCUT2D eigenvalue weighted by atomic mass is 16.3. The number of aliphatic hydroxyl groups excluding tert-OH is 1. The van der Waals surface area contributed by atoms with Gasteiger partial charge in [0.1, 0.15) is 0 Å². The molecule has 0 radical (unpaired) electrons. The van der Waals surface area contributed by atoms with E-state index in [1.807, 2.05) is 30.4 Å². The van der Waals surface area contributed by atoms with E-state index in [9.17, 15) is 9.90 Å². The first-order chi connectivity index (χ1) is 8.25. The Morgan fingerprint density at radius 2 is 2.06 bits per heavy atom. The minimum Gasteiger partial charge on any atom is -0.512 e. The summed E-state index contributed by atoms with van der Waals surface area (Å²) in [5.41, 5.74) is 0.684. The second kappa shape index (κ2) is 5.30. The smallest absolute Gasteiger partial charge is 0.185 e. The van der Waals surface area contributed by atoms with Gasteiger partial charge in [-0.3, -0.25) is 4.79 Å². The molecule has 2 rings (SSSR count). The van der Waals surface area contributed by atoms with Crippen molar-refractivity contribution in [3.05, 3.63) is 72.0 Å². The molecule has 1 aliphatic carbocycles. The predicted molar refractivity (Wildman–Crippen MR) is 67.9 cm³/mol. The maximum atomic E-state index is 11.8. The van der Waals surface area contributed by atoms with E-state index in [4.69, 9.17) is 0 Å². The first kappa shape index (κ1) is 11.4. The average Bonchev–Trinajstić information content (AvgIpc) is 2.37. The van der Waals surface area contributed by atoms with Crippen LogP contribution in [0.25, 0.3) is 0 Å². The second-order valence-electron chi connectivity index (χ2n) is 4.00. The lowest BCUT2D eigenvalue weighted by atomic mass is 9.98. The number of benzene rings is 1. The van der Waals surface area contributed by atoms with Crippen LogP contribution in [0.15, 0.2) is 66.5 Å². The summed E-state index contributed by atoms with van der Waals surface area (Å²) in [4.78, 5) is 11.8. The lowest BCUT2D eigenvalue weighted by Gasteiger charge is -2.10. The van der Waals surface area contributed by atoms with Gasteiger partial charge in [0, 0.05) is 17.9 Å². The molecule has 0 bridgehead atoms. The highest BCUT2D eigenvalue weighted by Crippen LogP contribution is 2.17. The number of carbonyl (C=O) groups excluding carboxylic acids is 1. The van der Waals surface area contributed by atoms with E-state index >= 15 is 0 Å². The van der Waals surface area contributed by atoms with Gasteiger partial charge in [0.2, 0.25) is 0 Å². The van der Waals surface area contributed by atoms with Crippen molar-refractivity contribution >= 4 is 5.78 Å². The van der Waals surface area contributed by atoms with E-state index in [-0.39, 0.29) is 11.7 Å². The SMILES string of the molecule is O=C(C=CC1C=CC=C(O)C1)c1ccccc1. The second-order valence-corrected chi connectivity index (χ2v) is 4.00. The number of hydrogen-bond acceptors (Lipinski definition) is 2. The Hall–Kier alpha value is -2.09. The minimum absolute atomic E-state index is 0.00644. The van der Waals surface area contributed by atoms with Gasteiger partial charge >= 0.3 is 0 Å². The third kappa shape index (κ3) is 3.18. The van der Waals surface area contributed by atoms with Crippen LogP contribution in [-0.4, -0.2) is 10.9 Å². The summed E-state index contributed by atoms with van der Waals surface area (Å²) in [6, 6.07) is 9.15. The first-order valence-electron chi connectivity index (χ1n) is 5.59. The van der Waals surface area contributed by atoms with Crippen molar-refractivity contribution in [2.75, 3.05) is 0 Å². The Morgan fingerprint density at radius 3 is 2.76 bits per heavy atom. The van der Waals surface area contributed by atoms with Gasteiger partial charge in [-0.05, 0) is 12.2 Å². The normalized spacial score (nSPS) is 19.3. The van der Waals surface area contributed by atoms with Crippen molar-refractivity contribution in [2.24, 2.45) is 5.92 Å². The number of ketones is 1. The quantitative estimate of drug-likeness (QED) is 0.633. The molecule has 0 fully saturated rings. The fourth-order valence-electron chi connectivity index (χ4n) is 1.73. The number of carbonyl (C=O) groups is 1. The van der Waals surface area contributed by atoms with Crippen LogP contribution < -0.4 is 0 Å². The van der Waals surface area contributed by atoms with Gasteiger partial charge in [-0.1, -0.05) is 48.6 Å². The standard InChI is InChI=1S/C15H14O2/c16-14-8-4-5-12(11-14)9-10-15(17)13-6-2-1-3-7-13/h1-10,12,16H,11H2. The summed E-state index contributed by atoms with van der Waals surface area (Å²) in [6.45, 7) is 0. The molecule has 1 unspecified atom stereocenters. The molecule has 0 aliphatic heterocycles. The molecule has 1 aromatic rings. The van der Waals surface area contributed by atoms with Gasteiger partial charge in [0.25, 0.3) is 0 Å². The zero-order chi connectivity index (χ0) is 12.1. The summed E-state index contributed by atoms with van der Waals surface area (Å²) >= 11 is 0. The third-order valence-electron chi connectivity index (χ3n) is 2.64. The van der Waals surface area contributed by atoms with Crippen LogP contribution in [0.2, 0.25) is 0 Å². The fourth-order valence-corrected chi connectivity index (χ4v) is 1.73. The van der Waals surface area contributed by atoms with E-state index in [1.165, 1.54) is 0 Å². The molecule has 1 aliphatic rings. The summed E-state index contributed by atoms with van der Waals surface area (Å²) in [5.74, 6) is 0.454. The number of allylic oxidation sites excluding steroid dienone is 6. The van der Waals surface area contributed by atoms with Crippen molar-refractivity contribution in [3.8, 4) is 0 Å². The van der Waals surface area contributed by atoms with Crippen molar-refractivity contribution in [2.45, 2.75) is 6.42 Å². The highest BCUT2D eigenvalue weighted by molar-refractivity contribution is 6.04. The Balaban J connectivity index is 2.00. The molecule has 2 nitrogen and oxygen atoms in total. The number of hydrogen-bond donors (Lipinski definition) is 1. The van der Waals surface area contributed by atoms with Crippen LogP contribution in [0.3, 0.4) is 0 Å². The van der Waals surface area contributed by atoms with Crippen LogP contribution >= 0.6 is 0 Å². The molecule has 0 saturated carbocycles. The lowest BCUT2D eigenvalue weighted by molar-refractivity contribution is 0.104. The van der Waals surface area contributed by atoms with Crippen molar-refractivity contribution in [3.63, 3.8) is 0 Å².